The third kappa shape index (κ3) is 2.73. The molecule has 0 atom stereocenters. The topological polar surface area (TPSA) is 32.5 Å². The van der Waals surface area contributed by atoms with E-state index in [-0.39, 0.29) is 5.54 Å². The molecule has 0 bridgehead atoms. The average Bonchev–Trinajstić information content (AvgIpc) is 2.32. The Morgan fingerprint density at radius 3 is 2.28 bits per heavy atom. The highest BCUT2D eigenvalue weighted by Crippen LogP contribution is 2.31. The van der Waals surface area contributed by atoms with Crippen LogP contribution in [0.1, 0.15) is 20.8 Å². The molecule has 0 aliphatic carbocycles. The lowest BCUT2D eigenvalue weighted by Gasteiger charge is -2.43. The maximum Gasteiger partial charge on any atom is 0.0741 e. The largest absolute Gasteiger partial charge is 0.396 e. The molecule has 0 unspecified atom stereocenters. The van der Waals surface area contributed by atoms with Crippen molar-refractivity contribution in [3.05, 3.63) is 23.2 Å². The van der Waals surface area contributed by atoms with Crippen molar-refractivity contribution in [2.24, 2.45) is 0 Å². The van der Waals surface area contributed by atoms with E-state index in [0.29, 0.717) is 10.7 Å². The zero-order chi connectivity index (χ0) is 13.3. The van der Waals surface area contributed by atoms with Crippen molar-refractivity contribution in [3.63, 3.8) is 0 Å². The molecule has 3 nitrogen and oxygen atoms in total. The van der Waals surface area contributed by atoms with E-state index in [9.17, 15) is 0 Å². The van der Waals surface area contributed by atoms with Gasteiger partial charge in [0.15, 0.2) is 0 Å². The first kappa shape index (κ1) is 13.5. The van der Waals surface area contributed by atoms with Gasteiger partial charge in [-0.25, -0.2) is 0 Å². The van der Waals surface area contributed by atoms with Crippen LogP contribution in [-0.4, -0.2) is 36.6 Å². The maximum absolute atomic E-state index is 6.07. The van der Waals surface area contributed by atoms with Crippen molar-refractivity contribution in [1.82, 2.24) is 4.90 Å². The molecule has 0 spiro atoms. The molecule has 1 heterocycles. The molecule has 1 aromatic rings. The number of para-hydroxylation sites is 1. The summed E-state index contributed by atoms with van der Waals surface area (Å²) in [5.74, 6) is 0. The predicted molar refractivity (Wildman–Crippen MR) is 79.4 cm³/mol. The van der Waals surface area contributed by atoms with E-state index in [1.54, 1.807) is 0 Å². The summed E-state index contributed by atoms with van der Waals surface area (Å²) in [4.78, 5) is 4.83. The summed E-state index contributed by atoms with van der Waals surface area (Å²) in [7, 11) is 0. The van der Waals surface area contributed by atoms with Crippen LogP contribution in [0.25, 0.3) is 0 Å². The number of nitrogens with zero attached hydrogens (tertiary/aromatic N) is 2. The third-order valence-corrected chi connectivity index (χ3v) is 3.93. The van der Waals surface area contributed by atoms with Crippen molar-refractivity contribution >= 4 is 23.0 Å². The van der Waals surface area contributed by atoms with Gasteiger partial charge in [-0.05, 0) is 32.9 Å². The van der Waals surface area contributed by atoms with Crippen molar-refractivity contribution in [2.45, 2.75) is 26.3 Å². The lowest BCUT2D eigenvalue weighted by atomic mass is 10.0. The zero-order valence-electron chi connectivity index (χ0n) is 11.4. The number of halogens is 1. The zero-order valence-corrected chi connectivity index (χ0v) is 12.2. The van der Waals surface area contributed by atoms with Crippen molar-refractivity contribution in [1.29, 1.82) is 0 Å². The van der Waals surface area contributed by atoms with Gasteiger partial charge in [0.1, 0.15) is 0 Å². The van der Waals surface area contributed by atoms with E-state index < -0.39 is 0 Å². The van der Waals surface area contributed by atoms with Crippen molar-refractivity contribution < 1.29 is 0 Å². The Morgan fingerprint density at radius 1 is 1.11 bits per heavy atom. The van der Waals surface area contributed by atoms with Gasteiger partial charge in [-0.1, -0.05) is 17.7 Å². The van der Waals surface area contributed by atoms with Crippen molar-refractivity contribution in [3.8, 4) is 0 Å². The van der Waals surface area contributed by atoms with Crippen LogP contribution in [0, 0.1) is 0 Å². The van der Waals surface area contributed by atoms with Gasteiger partial charge in [-0.15, -0.1) is 0 Å². The Kier molecular flexibility index (Phi) is 3.74. The number of anilines is 2. The molecule has 0 radical (unpaired) electrons. The summed E-state index contributed by atoms with van der Waals surface area (Å²) < 4.78 is 0. The second kappa shape index (κ2) is 4.98. The second-order valence-electron chi connectivity index (χ2n) is 5.82. The number of nitrogens with two attached hydrogens (primary N) is 1. The quantitative estimate of drug-likeness (QED) is 0.795. The molecular formula is C14H22ClN3. The Hall–Kier alpha value is -0.930. The molecule has 100 valence electrons. The lowest BCUT2D eigenvalue weighted by Crippen LogP contribution is -2.53. The van der Waals surface area contributed by atoms with E-state index in [1.807, 2.05) is 18.2 Å². The lowest BCUT2D eigenvalue weighted by molar-refractivity contribution is 0.128. The number of hydrogen-bond donors (Lipinski definition) is 1. The molecule has 0 amide bonds. The first-order valence-corrected chi connectivity index (χ1v) is 6.81. The van der Waals surface area contributed by atoms with Crippen LogP contribution < -0.4 is 10.6 Å². The normalized spacial score (nSPS) is 18.1. The molecule has 1 aliphatic heterocycles. The molecule has 0 aromatic heterocycles. The summed E-state index contributed by atoms with van der Waals surface area (Å²) >= 11 is 6.07. The molecule has 1 saturated heterocycles. The SMILES string of the molecule is CC(C)(C)N1CCN(c2cccc(Cl)c2N)CC1. The highest BCUT2D eigenvalue weighted by molar-refractivity contribution is 6.33. The smallest absolute Gasteiger partial charge is 0.0741 e. The first-order chi connectivity index (χ1) is 8.39. The Balaban J connectivity index is 2.08. The monoisotopic (exact) mass is 267 g/mol. The van der Waals surface area contributed by atoms with Crippen LogP contribution in [0.5, 0.6) is 0 Å². The van der Waals surface area contributed by atoms with E-state index in [4.69, 9.17) is 17.3 Å². The molecule has 0 saturated carbocycles. The van der Waals surface area contributed by atoms with Gasteiger partial charge >= 0.3 is 0 Å². The van der Waals surface area contributed by atoms with E-state index in [1.165, 1.54) is 0 Å². The molecule has 1 aliphatic rings. The summed E-state index contributed by atoms with van der Waals surface area (Å²) in [5, 5.41) is 0.644. The van der Waals surface area contributed by atoms with E-state index >= 15 is 0 Å². The summed E-state index contributed by atoms with van der Waals surface area (Å²) in [5.41, 5.74) is 8.05. The molecule has 1 fully saturated rings. The molecule has 2 rings (SSSR count). The predicted octanol–water partition coefficient (Wildman–Crippen LogP) is 2.84. The van der Waals surface area contributed by atoms with E-state index in [0.717, 1.165) is 31.9 Å². The maximum atomic E-state index is 6.07. The number of piperazine rings is 1. The fraction of sp³-hybridized carbons (Fsp3) is 0.571. The average molecular weight is 268 g/mol. The summed E-state index contributed by atoms with van der Waals surface area (Å²) in [6.45, 7) is 10.9. The van der Waals surface area contributed by atoms with Crippen LogP contribution in [-0.2, 0) is 0 Å². The number of hydrogen-bond acceptors (Lipinski definition) is 3. The van der Waals surface area contributed by atoms with Gasteiger partial charge in [0, 0.05) is 31.7 Å². The van der Waals surface area contributed by atoms with Crippen LogP contribution in [0.3, 0.4) is 0 Å². The first-order valence-electron chi connectivity index (χ1n) is 6.43. The molecule has 4 heteroatoms. The minimum atomic E-state index is 0.242. The minimum absolute atomic E-state index is 0.242. The Morgan fingerprint density at radius 2 is 1.72 bits per heavy atom. The van der Waals surface area contributed by atoms with E-state index in [2.05, 4.69) is 30.6 Å². The van der Waals surface area contributed by atoms with Gasteiger partial charge in [-0.3, -0.25) is 4.90 Å². The molecule has 1 aromatic carbocycles. The third-order valence-electron chi connectivity index (χ3n) is 3.60. The van der Waals surface area contributed by atoms with Crippen LogP contribution in [0.2, 0.25) is 5.02 Å². The molecule has 18 heavy (non-hydrogen) atoms. The van der Waals surface area contributed by atoms with Gasteiger partial charge in [0.2, 0.25) is 0 Å². The van der Waals surface area contributed by atoms with Gasteiger partial charge in [-0.2, -0.15) is 0 Å². The summed E-state index contributed by atoms with van der Waals surface area (Å²) in [6.07, 6.45) is 0. The fourth-order valence-corrected chi connectivity index (χ4v) is 2.59. The number of rotatable bonds is 1. The fourth-order valence-electron chi connectivity index (χ4n) is 2.42. The molecule has 2 N–H and O–H groups in total. The summed E-state index contributed by atoms with van der Waals surface area (Å²) in [6, 6.07) is 5.85. The van der Waals surface area contributed by atoms with Gasteiger partial charge in [0.05, 0.1) is 16.4 Å². The van der Waals surface area contributed by atoms with Crippen molar-refractivity contribution in [2.75, 3.05) is 36.8 Å². The Labute approximate surface area is 115 Å². The standard InChI is InChI=1S/C14H22ClN3/c1-14(2,3)18-9-7-17(8-10-18)12-6-4-5-11(15)13(12)16/h4-6H,7-10,16H2,1-3H3. The van der Waals surface area contributed by atoms with Crippen LogP contribution in [0.15, 0.2) is 18.2 Å². The van der Waals surface area contributed by atoms with Gasteiger partial charge < -0.3 is 10.6 Å². The molecular weight excluding hydrogens is 246 g/mol. The highest BCUT2D eigenvalue weighted by Gasteiger charge is 2.26. The van der Waals surface area contributed by atoms with Gasteiger partial charge in [0.25, 0.3) is 0 Å². The van der Waals surface area contributed by atoms with Crippen LogP contribution in [0.4, 0.5) is 11.4 Å². The number of nitrogen functional groups attached to an aromatic ring is 1. The van der Waals surface area contributed by atoms with Crippen LogP contribution >= 0.6 is 11.6 Å². The highest BCUT2D eigenvalue weighted by atomic mass is 35.5. The number of benzene rings is 1. The minimum Gasteiger partial charge on any atom is -0.396 e. The Bertz CT molecular complexity index is 418. The second-order valence-corrected chi connectivity index (χ2v) is 6.22.